The molecule has 0 saturated heterocycles. The Labute approximate surface area is 163 Å². The predicted molar refractivity (Wildman–Crippen MR) is 108 cm³/mol. The summed E-state index contributed by atoms with van der Waals surface area (Å²) in [5, 5.41) is 0. The van der Waals surface area contributed by atoms with Gasteiger partial charge in [0.2, 0.25) is 0 Å². The number of hydrogen-bond acceptors (Lipinski definition) is 6. The zero-order valence-electron chi connectivity index (χ0n) is 15.3. The van der Waals surface area contributed by atoms with Crippen molar-refractivity contribution >= 4 is 23.3 Å². The van der Waals surface area contributed by atoms with E-state index in [9.17, 15) is 9.59 Å². The molecule has 0 aliphatic rings. The monoisotopic (exact) mass is 372 g/mol. The van der Waals surface area contributed by atoms with E-state index >= 15 is 0 Å². The highest BCUT2D eigenvalue weighted by atomic mass is 16.1. The maximum Gasteiger partial charge on any atom is 0.185 e. The highest BCUT2D eigenvalue weighted by Gasteiger charge is 2.11. The molecule has 3 aromatic rings. The number of para-hydroxylation sites is 1. The summed E-state index contributed by atoms with van der Waals surface area (Å²) in [6, 6.07) is 10.7. The first-order valence-corrected chi connectivity index (χ1v) is 8.87. The van der Waals surface area contributed by atoms with Gasteiger partial charge in [-0.15, -0.1) is 0 Å². The van der Waals surface area contributed by atoms with Crippen LogP contribution in [0.4, 0.5) is 5.69 Å². The molecular formula is C22H20N4O2. The van der Waals surface area contributed by atoms with E-state index in [1.54, 1.807) is 55.1 Å². The van der Waals surface area contributed by atoms with E-state index in [1.807, 2.05) is 18.2 Å². The van der Waals surface area contributed by atoms with E-state index in [1.165, 1.54) is 0 Å². The number of pyridine rings is 1. The van der Waals surface area contributed by atoms with Crippen LogP contribution < -0.4 is 5.73 Å². The van der Waals surface area contributed by atoms with Gasteiger partial charge in [0.15, 0.2) is 5.78 Å². The van der Waals surface area contributed by atoms with E-state index in [0.29, 0.717) is 23.5 Å². The minimum atomic E-state index is -0.109. The number of ketones is 2. The number of nitrogen functional groups attached to an aromatic ring is 1. The van der Waals surface area contributed by atoms with E-state index in [0.717, 1.165) is 11.1 Å². The van der Waals surface area contributed by atoms with Gasteiger partial charge in [-0.2, -0.15) is 0 Å². The molecule has 0 bridgehead atoms. The Kier molecular flexibility index (Phi) is 6.36. The molecule has 0 atom stereocenters. The first-order valence-electron chi connectivity index (χ1n) is 8.87. The molecule has 140 valence electrons. The molecule has 0 spiro atoms. The number of allylic oxidation sites excluding steroid dienone is 1. The molecule has 1 aromatic carbocycles. The lowest BCUT2D eigenvalue weighted by atomic mass is 10.0. The van der Waals surface area contributed by atoms with Crippen molar-refractivity contribution in [3.05, 3.63) is 89.8 Å². The quantitative estimate of drug-likeness (QED) is 0.482. The summed E-state index contributed by atoms with van der Waals surface area (Å²) in [6.45, 7) is 0. The van der Waals surface area contributed by atoms with Crippen LogP contribution in [-0.4, -0.2) is 26.5 Å². The topological polar surface area (TPSA) is 98.8 Å². The number of rotatable bonds is 8. The standard InChI is InChI=1S/C22H20N4O2/c23-20-7-2-1-4-17(20)13-22(28)21-9-8-16(14-26-21)12-19(27)6-3-5-18-15-24-10-11-25-18/h1-5,7-11,14-15H,6,12-13,23H2/b5-3+. The van der Waals surface area contributed by atoms with E-state index < -0.39 is 0 Å². The third-order valence-corrected chi connectivity index (χ3v) is 4.14. The Morgan fingerprint density at radius 3 is 2.54 bits per heavy atom. The summed E-state index contributed by atoms with van der Waals surface area (Å²) < 4.78 is 0. The normalized spacial score (nSPS) is 10.9. The van der Waals surface area contributed by atoms with Gasteiger partial charge in [-0.25, -0.2) is 0 Å². The molecule has 6 heteroatoms. The zero-order valence-corrected chi connectivity index (χ0v) is 15.3. The van der Waals surface area contributed by atoms with Crippen LogP contribution in [0, 0.1) is 0 Å². The van der Waals surface area contributed by atoms with Gasteiger partial charge in [0, 0.05) is 43.5 Å². The van der Waals surface area contributed by atoms with Gasteiger partial charge in [0.05, 0.1) is 11.9 Å². The molecule has 0 aliphatic heterocycles. The lowest BCUT2D eigenvalue weighted by Crippen LogP contribution is -2.08. The Hall–Kier alpha value is -3.67. The number of benzene rings is 1. The van der Waals surface area contributed by atoms with Gasteiger partial charge in [0.1, 0.15) is 11.5 Å². The van der Waals surface area contributed by atoms with Crippen LogP contribution in [0.2, 0.25) is 0 Å². The second-order valence-electron chi connectivity index (χ2n) is 6.30. The average molecular weight is 372 g/mol. The van der Waals surface area contributed by atoms with E-state index in [-0.39, 0.29) is 24.4 Å². The highest BCUT2D eigenvalue weighted by Crippen LogP contribution is 2.14. The third kappa shape index (κ3) is 5.41. The number of hydrogen-bond donors (Lipinski definition) is 1. The number of carbonyl (C=O) groups is 2. The minimum absolute atomic E-state index is 0.0538. The maximum atomic E-state index is 12.4. The predicted octanol–water partition coefficient (Wildman–Crippen LogP) is 3.09. The summed E-state index contributed by atoms with van der Waals surface area (Å²) in [5.41, 5.74) is 9.09. The van der Waals surface area contributed by atoms with Crippen LogP contribution >= 0.6 is 0 Å². The minimum Gasteiger partial charge on any atom is -0.398 e. The smallest absolute Gasteiger partial charge is 0.185 e. The molecule has 2 aromatic heterocycles. The molecular weight excluding hydrogens is 352 g/mol. The molecule has 2 N–H and O–H groups in total. The molecule has 0 saturated carbocycles. The van der Waals surface area contributed by atoms with Gasteiger partial charge in [-0.1, -0.05) is 30.3 Å². The fraction of sp³-hybridized carbons (Fsp3) is 0.136. The van der Waals surface area contributed by atoms with Gasteiger partial charge < -0.3 is 5.73 Å². The maximum absolute atomic E-state index is 12.4. The number of anilines is 1. The third-order valence-electron chi connectivity index (χ3n) is 4.14. The SMILES string of the molecule is Nc1ccccc1CC(=O)c1ccc(CC(=O)C/C=C/c2cnccn2)cn1. The largest absolute Gasteiger partial charge is 0.398 e. The Morgan fingerprint density at radius 2 is 1.82 bits per heavy atom. The van der Waals surface area contributed by atoms with Gasteiger partial charge in [-0.3, -0.25) is 24.5 Å². The highest BCUT2D eigenvalue weighted by molar-refractivity contribution is 5.96. The van der Waals surface area contributed by atoms with Crippen LogP contribution in [0.5, 0.6) is 0 Å². The summed E-state index contributed by atoms with van der Waals surface area (Å²) >= 11 is 0. The molecule has 0 unspecified atom stereocenters. The number of nitrogens with zero attached hydrogens (tertiary/aromatic N) is 3. The summed E-state index contributed by atoms with van der Waals surface area (Å²) in [6.07, 6.45) is 10.7. The Bertz CT molecular complexity index is 983. The zero-order chi connectivity index (χ0) is 19.8. The Morgan fingerprint density at radius 1 is 0.964 bits per heavy atom. The van der Waals surface area contributed by atoms with Crippen LogP contribution in [0.25, 0.3) is 6.08 Å². The van der Waals surface area contributed by atoms with Crippen molar-refractivity contribution in [2.24, 2.45) is 0 Å². The number of aromatic nitrogens is 3. The molecule has 0 aliphatic carbocycles. The molecule has 28 heavy (non-hydrogen) atoms. The summed E-state index contributed by atoms with van der Waals surface area (Å²) in [7, 11) is 0. The molecule has 2 heterocycles. The van der Waals surface area contributed by atoms with Crippen LogP contribution in [0.15, 0.2) is 67.3 Å². The van der Waals surface area contributed by atoms with Crippen molar-refractivity contribution in [1.29, 1.82) is 0 Å². The number of nitrogens with two attached hydrogens (primary N) is 1. The number of carbonyl (C=O) groups excluding carboxylic acids is 2. The van der Waals surface area contributed by atoms with Crippen molar-refractivity contribution in [2.45, 2.75) is 19.3 Å². The van der Waals surface area contributed by atoms with Gasteiger partial charge in [0.25, 0.3) is 0 Å². The lowest BCUT2D eigenvalue weighted by molar-refractivity contribution is -0.117. The van der Waals surface area contributed by atoms with Crippen LogP contribution in [-0.2, 0) is 17.6 Å². The number of Topliss-reactive ketones (excluding diaryl/α,β-unsaturated/α-hetero) is 2. The molecule has 0 fully saturated rings. The van der Waals surface area contributed by atoms with Crippen molar-refractivity contribution < 1.29 is 9.59 Å². The lowest BCUT2D eigenvalue weighted by Gasteiger charge is -2.05. The molecule has 0 radical (unpaired) electrons. The fourth-order valence-electron chi connectivity index (χ4n) is 2.66. The van der Waals surface area contributed by atoms with Gasteiger partial charge in [-0.05, 0) is 29.3 Å². The Balaban J connectivity index is 1.53. The first-order chi connectivity index (χ1) is 13.6. The van der Waals surface area contributed by atoms with E-state index in [4.69, 9.17) is 5.73 Å². The average Bonchev–Trinajstić information content (AvgIpc) is 2.71. The molecule has 3 rings (SSSR count). The van der Waals surface area contributed by atoms with Crippen LogP contribution in [0.3, 0.4) is 0 Å². The fourth-order valence-corrected chi connectivity index (χ4v) is 2.66. The summed E-state index contributed by atoms with van der Waals surface area (Å²) in [4.78, 5) is 36.8. The summed E-state index contributed by atoms with van der Waals surface area (Å²) in [5.74, 6) is -0.0549. The van der Waals surface area contributed by atoms with Crippen molar-refractivity contribution in [2.75, 3.05) is 5.73 Å². The van der Waals surface area contributed by atoms with Crippen molar-refractivity contribution in [1.82, 2.24) is 15.0 Å². The van der Waals surface area contributed by atoms with Crippen LogP contribution in [0.1, 0.15) is 33.7 Å². The first kappa shape index (κ1) is 19.1. The molecule has 6 nitrogen and oxygen atoms in total. The van der Waals surface area contributed by atoms with Crippen molar-refractivity contribution in [3.8, 4) is 0 Å². The van der Waals surface area contributed by atoms with Gasteiger partial charge >= 0.3 is 0 Å². The van der Waals surface area contributed by atoms with Crippen molar-refractivity contribution in [3.63, 3.8) is 0 Å². The molecule has 0 amide bonds. The van der Waals surface area contributed by atoms with E-state index in [2.05, 4.69) is 15.0 Å². The second kappa shape index (κ2) is 9.32. The second-order valence-corrected chi connectivity index (χ2v) is 6.30.